The van der Waals surface area contributed by atoms with Crippen LogP contribution < -0.4 is 0 Å². The summed E-state index contributed by atoms with van der Waals surface area (Å²) >= 11 is 0. The third-order valence-corrected chi connectivity index (χ3v) is 5.18. The van der Waals surface area contributed by atoms with Crippen LogP contribution in [0, 0.1) is 17.8 Å². The highest BCUT2D eigenvalue weighted by atomic mass is 16.6. The highest BCUT2D eigenvalue weighted by Crippen LogP contribution is 2.46. The molecule has 116 valence electrons. The van der Waals surface area contributed by atoms with Gasteiger partial charge in [0, 0.05) is 5.92 Å². The summed E-state index contributed by atoms with van der Waals surface area (Å²) in [5.41, 5.74) is 1.07. The average Bonchev–Trinajstić information content (AvgIpc) is 2.89. The van der Waals surface area contributed by atoms with Crippen molar-refractivity contribution in [3.63, 3.8) is 0 Å². The molecule has 0 aromatic heterocycles. The zero-order chi connectivity index (χ0) is 16.0. The van der Waals surface area contributed by atoms with Crippen LogP contribution in [0.15, 0.2) is 54.6 Å². The summed E-state index contributed by atoms with van der Waals surface area (Å²) in [5, 5.41) is 2.31. The Kier molecular flexibility index (Phi) is 3.29. The predicted molar refractivity (Wildman–Crippen MR) is 87.7 cm³/mol. The summed E-state index contributed by atoms with van der Waals surface area (Å²) < 4.78 is 4.96. The normalized spacial score (nSPS) is 29.6. The maximum atomic E-state index is 12.3. The smallest absolute Gasteiger partial charge is 0.318 e. The Hall–Kier alpha value is -2.42. The van der Waals surface area contributed by atoms with Gasteiger partial charge in [-0.1, -0.05) is 61.5 Å². The molecule has 4 rings (SSSR count). The molecule has 0 bridgehead atoms. The molecular formula is C20H18O3. The van der Waals surface area contributed by atoms with Crippen molar-refractivity contribution < 1.29 is 14.3 Å². The average molecular weight is 306 g/mol. The number of cyclic esters (lactones) is 2. The summed E-state index contributed by atoms with van der Waals surface area (Å²) in [5.74, 6) is -1.46. The molecule has 23 heavy (non-hydrogen) atoms. The van der Waals surface area contributed by atoms with Crippen LogP contribution in [0.1, 0.15) is 24.8 Å². The lowest BCUT2D eigenvalue weighted by Gasteiger charge is -2.30. The summed E-state index contributed by atoms with van der Waals surface area (Å²) in [6, 6.07) is 14.4. The van der Waals surface area contributed by atoms with E-state index >= 15 is 0 Å². The molecule has 2 aliphatic rings. The number of fused-ring (bicyclic) bond motifs is 2. The Balaban J connectivity index is 1.80. The number of hydrogen-bond donors (Lipinski definition) is 0. The molecule has 1 fully saturated rings. The van der Waals surface area contributed by atoms with Crippen molar-refractivity contribution in [1.29, 1.82) is 0 Å². The monoisotopic (exact) mass is 306 g/mol. The van der Waals surface area contributed by atoms with Crippen molar-refractivity contribution in [2.24, 2.45) is 17.8 Å². The molecule has 1 aliphatic carbocycles. The summed E-state index contributed by atoms with van der Waals surface area (Å²) in [6.45, 7) is 2.04. The maximum absolute atomic E-state index is 12.3. The lowest BCUT2D eigenvalue weighted by atomic mass is 9.69. The zero-order valence-corrected chi connectivity index (χ0v) is 12.9. The first-order valence-corrected chi connectivity index (χ1v) is 8.11. The Labute approximate surface area is 134 Å². The Bertz CT molecular complexity index is 821. The fourth-order valence-electron chi connectivity index (χ4n) is 3.96. The molecule has 3 heteroatoms. The minimum Gasteiger partial charge on any atom is -0.393 e. The molecule has 0 amide bonds. The van der Waals surface area contributed by atoms with E-state index in [-0.39, 0.29) is 29.7 Å². The van der Waals surface area contributed by atoms with Crippen LogP contribution >= 0.6 is 0 Å². The second-order valence-electron chi connectivity index (χ2n) is 6.38. The van der Waals surface area contributed by atoms with Gasteiger partial charge in [-0.3, -0.25) is 9.59 Å². The second-order valence-corrected chi connectivity index (χ2v) is 6.38. The first-order valence-electron chi connectivity index (χ1n) is 8.11. The van der Waals surface area contributed by atoms with Gasteiger partial charge in [0.05, 0.1) is 11.8 Å². The highest BCUT2D eigenvalue weighted by molar-refractivity contribution is 5.98. The second kappa shape index (κ2) is 5.34. The van der Waals surface area contributed by atoms with E-state index in [1.807, 2.05) is 19.1 Å². The molecule has 1 heterocycles. The first kappa shape index (κ1) is 14.2. The van der Waals surface area contributed by atoms with Crippen LogP contribution in [0.25, 0.3) is 10.8 Å². The number of rotatable bonds is 2. The van der Waals surface area contributed by atoms with E-state index in [4.69, 9.17) is 4.74 Å². The number of esters is 2. The molecule has 0 N–H and O–H groups in total. The third kappa shape index (κ3) is 2.19. The number of ether oxygens (including phenoxy) is 1. The van der Waals surface area contributed by atoms with Crippen molar-refractivity contribution in [3.05, 3.63) is 60.2 Å². The van der Waals surface area contributed by atoms with Gasteiger partial charge >= 0.3 is 11.9 Å². The Morgan fingerprint density at radius 1 is 0.913 bits per heavy atom. The minimum atomic E-state index is -0.390. The van der Waals surface area contributed by atoms with E-state index in [1.165, 1.54) is 5.39 Å². The minimum absolute atomic E-state index is 0.0913. The van der Waals surface area contributed by atoms with E-state index in [9.17, 15) is 9.59 Å². The number of allylic oxidation sites excluding steroid dienone is 2. The van der Waals surface area contributed by atoms with Gasteiger partial charge in [0.15, 0.2) is 0 Å². The standard InChI is InChI=1S/C20H18O3/c1-2-12-9-10-16(18-17(12)19(21)23-20(18)22)15-8-7-13-5-3-4-6-14(13)11-15/h3-12,16-18H,2H2,1H3/t12-,16-,17-,18-/m1/s1. The van der Waals surface area contributed by atoms with Crippen LogP contribution in [0.3, 0.4) is 0 Å². The van der Waals surface area contributed by atoms with Crippen LogP contribution in [0.4, 0.5) is 0 Å². The van der Waals surface area contributed by atoms with E-state index in [0.29, 0.717) is 0 Å². The van der Waals surface area contributed by atoms with E-state index in [2.05, 4.69) is 42.5 Å². The van der Waals surface area contributed by atoms with Crippen LogP contribution in [-0.2, 0) is 14.3 Å². The lowest BCUT2D eigenvalue weighted by molar-refractivity contribution is -0.154. The quantitative estimate of drug-likeness (QED) is 0.481. The molecule has 1 saturated heterocycles. The fraction of sp³-hybridized carbons (Fsp3) is 0.300. The van der Waals surface area contributed by atoms with Crippen molar-refractivity contribution in [3.8, 4) is 0 Å². The number of carbonyl (C=O) groups excluding carboxylic acids is 2. The number of hydrogen-bond acceptors (Lipinski definition) is 3. The van der Waals surface area contributed by atoms with Crippen molar-refractivity contribution in [2.75, 3.05) is 0 Å². The van der Waals surface area contributed by atoms with Crippen molar-refractivity contribution >= 4 is 22.7 Å². The van der Waals surface area contributed by atoms with E-state index in [0.717, 1.165) is 17.4 Å². The molecule has 1 aliphatic heterocycles. The topological polar surface area (TPSA) is 43.4 Å². The summed E-state index contributed by atoms with van der Waals surface area (Å²) in [4.78, 5) is 24.4. The van der Waals surface area contributed by atoms with Crippen LogP contribution in [0.5, 0.6) is 0 Å². The van der Waals surface area contributed by atoms with Crippen LogP contribution in [0.2, 0.25) is 0 Å². The predicted octanol–water partition coefficient (Wildman–Crippen LogP) is 3.84. The van der Waals surface area contributed by atoms with E-state index < -0.39 is 5.92 Å². The molecule has 0 saturated carbocycles. The first-order chi connectivity index (χ1) is 11.2. The van der Waals surface area contributed by atoms with Gasteiger partial charge in [-0.15, -0.1) is 0 Å². The fourth-order valence-corrected chi connectivity index (χ4v) is 3.96. The lowest BCUT2D eigenvalue weighted by Crippen LogP contribution is -2.32. The van der Waals surface area contributed by atoms with E-state index in [1.54, 1.807) is 0 Å². The Morgan fingerprint density at radius 3 is 2.43 bits per heavy atom. The number of benzene rings is 2. The molecule has 4 atom stereocenters. The Morgan fingerprint density at radius 2 is 1.65 bits per heavy atom. The maximum Gasteiger partial charge on any atom is 0.318 e. The molecule has 3 nitrogen and oxygen atoms in total. The van der Waals surface area contributed by atoms with Gasteiger partial charge in [0.1, 0.15) is 0 Å². The van der Waals surface area contributed by atoms with Crippen molar-refractivity contribution in [2.45, 2.75) is 19.3 Å². The molecule has 2 aromatic carbocycles. The van der Waals surface area contributed by atoms with Gasteiger partial charge in [0.2, 0.25) is 0 Å². The largest absolute Gasteiger partial charge is 0.393 e. The highest BCUT2D eigenvalue weighted by Gasteiger charge is 2.52. The molecule has 2 aromatic rings. The SMILES string of the molecule is CC[C@@H]1C=C[C@H](c2ccc3ccccc3c2)[C@H]2C(=O)OC(=O)[C@@H]21. The molecular weight excluding hydrogens is 288 g/mol. The summed E-state index contributed by atoms with van der Waals surface area (Å²) in [6.07, 6.45) is 5.00. The number of carbonyl (C=O) groups is 2. The van der Waals surface area contributed by atoms with Crippen molar-refractivity contribution in [1.82, 2.24) is 0 Å². The summed E-state index contributed by atoms with van der Waals surface area (Å²) in [7, 11) is 0. The van der Waals surface area contributed by atoms with Crippen LogP contribution in [-0.4, -0.2) is 11.9 Å². The van der Waals surface area contributed by atoms with Gasteiger partial charge in [0.25, 0.3) is 0 Å². The van der Waals surface area contributed by atoms with Gasteiger partial charge < -0.3 is 4.74 Å². The molecule has 0 spiro atoms. The molecule has 0 unspecified atom stereocenters. The zero-order valence-electron chi connectivity index (χ0n) is 12.9. The third-order valence-electron chi connectivity index (χ3n) is 5.18. The molecule has 0 radical (unpaired) electrons. The van der Waals surface area contributed by atoms with Gasteiger partial charge in [-0.25, -0.2) is 0 Å². The van der Waals surface area contributed by atoms with Gasteiger partial charge in [-0.05, 0) is 28.7 Å². The van der Waals surface area contributed by atoms with Gasteiger partial charge in [-0.2, -0.15) is 0 Å².